The monoisotopic (exact) mass is 460 g/mol. The lowest BCUT2D eigenvalue weighted by Gasteiger charge is -2.31. The van der Waals surface area contributed by atoms with E-state index >= 15 is 0 Å². The van der Waals surface area contributed by atoms with E-state index in [4.69, 9.17) is 4.52 Å². The van der Waals surface area contributed by atoms with Crippen LogP contribution in [-0.2, 0) is 21.4 Å². The fourth-order valence-electron chi connectivity index (χ4n) is 3.66. The second-order valence-electron chi connectivity index (χ2n) is 7.59. The van der Waals surface area contributed by atoms with Crippen molar-refractivity contribution in [3.8, 4) is 11.4 Å². The Labute approximate surface area is 185 Å². The number of nitrogens with zero attached hydrogens (tertiary/aromatic N) is 3. The van der Waals surface area contributed by atoms with Gasteiger partial charge in [0, 0.05) is 36.4 Å². The zero-order valence-corrected chi connectivity index (χ0v) is 19.0. The van der Waals surface area contributed by atoms with E-state index in [1.807, 2.05) is 17.5 Å². The molecule has 1 aliphatic rings. The largest absolute Gasteiger partial charge is 0.351 e. The van der Waals surface area contributed by atoms with Crippen molar-refractivity contribution in [1.82, 2.24) is 19.8 Å². The summed E-state index contributed by atoms with van der Waals surface area (Å²) in [5.41, 5.74) is 1.24. The Morgan fingerprint density at radius 2 is 2.03 bits per heavy atom. The van der Waals surface area contributed by atoms with Gasteiger partial charge in [0.05, 0.1) is 11.4 Å². The van der Waals surface area contributed by atoms with Crippen LogP contribution >= 0.6 is 11.3 Å². The van der Waals surface area contributed by atoms with Crippen molar-refractivity contribution in [2.75, 3.05) is 13.1 Å². The molecule has 0 saturated carbocycles. The zero-order valence-electron chi connectivity index (χ0n) is 17.4. The van der Waals surface area contributed by atoms with Crippen molar-refractivity contribution < 1.29 is 17.7 Å². The Balaban J connectivity index is 1.43. The summed E-state index contributed by atoms with van der Waals surface area (Å²) < 4.78 is 33.1. The lowest BCUT2D eigenvalue weighted by molar-refractivity contribution is -0.126. The van der Waals surface area contributed by atoms with Gasteiger partial charge in [-0.15, -0.1) is 11.3 Å². The molecule has 0 atom stereocenters. The number of benzene rings is 1. The number of hydrogen-bond donors (Lipinski definition) is 1. The van der Waals surface area contributed by atoms with Crippen molar-refractivity contribution >= 4 is 27.3 Å². The standard InChI is InChI=1S/C21H24N4O4S2/c1-14-5-6-17(20-23-15(2)29-24-20)12-19(14)31(27,28)25-9-7-16(8-10-25)21(26)22-13-18-4-3-11-30-18/h3-6,11-12,16H,7-10,13H2,1-2H3,(H,22,26). The molecule has 0 spiro atoms. The molecule has 0 bridgehead atoms. The molecule has 3 heterocycles. The van der Waals surface area contributed by atoms with Crippen LogP contribution in [0.4, 0.5) is 0 Å². The van der Waals surface area contributed by atoms with Gasteiger partial charge in [0.15, 0.2) is 0 Å². The van der Waals surface area contributed by atoms with Gasteiger partial charge >= 0.3 is 0 Å². The van der Waals surface area contributed by atoms with Crippen LogP contribution in [0, 0.1) is 19.8 Å². The molecule has 10 heteroatoms. The molecule has 1 aromatic carbocycles. The molecular formula is C21H24N4O4S2. The van der Waals surface area contributed by atoms with Crippen LogP contribution in [0.15, 0.2) is 45.1 Å². The van der Waals surface area contributed by atoms with Gasteiger partial charge < -0.3 is 9.84 Å². The van der Waals surface area contributed by atoms with Crippen LogP contribution in [0.25, 0.3) is 11.4 Å². The highest BCUT2D eigenvalue weighted by atomic mass is 32.2. The molecule has 1 N–H and O–H groups in total. The van der Waals surface area contributed by atoms with Gasteiger partial charge in [0.25, 0.3) is 0 Å². The Morgan fingerprint density at radius 3 is 2.68 bits per heavy atom. The van der Waals surface area contributed by atoms with Gasteiger partial charge in [-0.1, -0.05) is 23.4 Å². The minimum atomic E-state index is -3.70. The van der Waals surface area contributed by atoms with E-state index in [0.717, 1.165) is 4.88 Å². The molecule has 1 saturated heterocycles. The van der Waals surface area contributed by atoms with E-state index in [-0.39, 0.29) is 16.7 Å². The van der Waals surface area contributed by atoms with E-state index in [1.54, 1.807) is 43.4 Å². The molecule has 3 aromatic rings. The number of piperidine rings is 1. The first-order valence-corrected chi connectivity index (χ1v) is 12.4. The number of sulfonamides is 1. The maximum absolute atomic E-state index is 13.3. The minimum Gasteiger partial charge on any atom is -0.351 e. The molecular weight excluding hydrogens is 436 g/mol. The summed E-state index contributed by atoms with van der Waals surface area (Å²) in [6.45, 7) is 4.58. The molecule has 1 amide bonds. The topological polar surface area (TPSA) is 105 Å². The summed E-state index contributed by atoms with van der Waals surface area (Å²) in [5, 5.41) is 8.81. The van der Waals surface area contributed by atoms with Crippen LogP contribution in [-0.4, -0.2) is 41.9 Å². The number of aromatic nitrogens is 2. The van der Waals surface area contributed by atoms with Crippen molar-refractivity contribution in [2.45, 2.75) is 38.1 Å². The summed E-state index contributed by atoms with van der Waals surface area (Å²) in [5.74, 6) is 0.576. The second kappa shape index (κ2) is 8.89. The first-order valence-electron chi connectivity index (χ1n) is 10.1. The molecule has 31 heavy (non-hydrogen) atoms. The highest BCUT2D eigenvalue weighted by Gasteiger charge is 2.33. The average molecular weight is 461 g/mol. The fraction of sp³-hybridized carbons (Fsp3) is 0.381. The Hall–Kier alpha value is -2.56. The lowest BCUT2D eigenvalue weighted by atomic mass is 9.97. The number of hydrogen-bond acceptors (Lipinski definition) is 7. The van der Waals surface area contributed by atoms with Gasteiger partial charge in [-0.05, 0) is 42.8 Å². The van der Waals surface area contributed by atoms with Crippen LogP contribution in [0.2, 0.25) is 0 Å². The normalized spacial score (nSPS) is 15.8. The van der Waals surface area contributed by atoms with Crippen molar-refractivity contribution in [3.63, 3.8) is 0 Å². The molecule has 0 unspecified atom stereocenters. The third-order valence-electron chi connectivity index (χ3n) is 5.43. The van der Waals surface area contributed by atoms with E-state index in [0.29, 0.717) is 55.3 Å². The summed E-state index contributed by atoms with van der Waals surface area (Å²) in [6.07, 6.45) is 0.997. The quantitative estimate of drug-likeness (QED) is 0.606. The maximum Gasteiger partial charge on any atom is 0.243 e. The Bertz CT molecular complexity index is 1160. The number of amides is 1. The summed E-state index contributed by atoms with van der Waals surface area (Å²) >= 11 is 1.60. The minimum absolute atomic E-state index is 0.0175. The average Bonchev–Trinajstić information content (AvgIpc) is 3.44. The molecule has 2 aromatic heterocycles. The third kappa shape index (κ3) is 4.70. The van der Waals surface area contributed by atoms with E-state index in [9.17, 15) is 13.2 Å². The SMILES string of the molecule is Cc1nc(-c2ccc(C)c(S(=O)(=O)N3CCC(C(=O)NCc4cccs4)CC3)c2)no1. The summed E-state index contributed by atoms with van der Waals surface area (Å²) in [4.78, 5) is 18.0. The molecule has 1 aliphatic heterocycles. The van der Waals surface area contributed by atoms with E-state index in [1.165, 1.54) is 4.31 Å². The first kappa shape index (κ1) is 21.7. The van der Waals surface area contributed by atoms with Gasteiger partial charge in [-0.2, -0.15) is 9.29 Å². The number of nitrogens with one attached hydrogen (secondary N) is 1. The maximum atomic E-state index is 13.3. The Kier molecular flexibility index (Phi) is 6.22. The van der Waals surface area contributed by atoms with Crippen LogP contribution in [0.1, 0.15) is 29.2 Å². The number of aryl methyl sites for hydroxylation is 2. The zero-order chi connectivity index (χ0) is 22.0. The molecule has 0 aliphatic carbocycles. The van der Waals surface area contributed by atoms with Gasteiger partial charge in [0.1, 0.15) is 0 Å². The van der Waals surface area contributed by atoms with Crippen molar-refractivity contribution in [3.05, 3.63) is 52.0 Å². The van der Waals surface area contributed by atoms with Gasteiger partial charge in [-0.3, -0.25) is 4.79 Å². The number of rotatable bonds is 6. The summed E-state index contributed by atoms with van der Waals surface area (Å²) in [6, 6.07) is 9.05. The molecule has 8 nitrogen and oxygen atoms in total. The summed E-state index contributed by atoms with van der Waals surface area (Å²) in [7, 11) is -3.70. The van der Waals surface area contributed by atoms with Crippen LogP contribution in [0.3, 0.4) is 0 Å². The second-order valence-corrected chi connectivity index (χ2v) is 10.5. The molecule has 0 radical (unpaired) electrons. The predicted molar refractivity (Wildman–Crippen MR) is 117 cm³/mol. The van der Waals surface area contributed by atoms with E-state index in [2.05, 4.69) is 15.5 Å². The fourth-order valence-corrected chi connectivity index (χ4v) is 6.03. The van der Waals surface area contributed by atoms with Crippen molar-refractivity contribution in [2.24, 2.45) is 5.92 Å². The predicted octanol–water partition coefficient (Wildman–Crippen LogP) is 3.13. The highest BCUT2D eigenvalue weighted by Crippen LogP contribution is 2.29. The third-order valence-corrected chi connectivity index (χ3v) is 8.35. The number of carbonyl (C=O) groups is 1. The van der Waals surface area contributed by atoms with Gasteiger partial charge in [-0.25, -0.2) is 8.42 Å². The molecule has 1 fully saturated rings. The first-order chi connectivity index (χ1) is 14.8. The van der Waals surface area contributed by atoms with Crippen molar-refractivity contribution in [1.29, 1.82) is 0 Å². The van der Waals surface area contributed by atoms with Crippen LogP contribution in [0.5, 0.6) is 0 Å². The molecule has 164 valence electrons. The Morgan fingerprint density at radius 1 is 1.26 bits per heavy atom. The molecule has 4 rings (SSSR count). The highest BCUT2D eigenvalue weighted by molar-refractivity contribution is 7.89. The van der Waals surface area contributed by atoms with Gasteiger partial charge in [0.2, 0.25) is 27.6 Å². The van der Waals surface area contributed by atoms with E-state index < -0.39 is 10.0 Å². The lowest BCUT2D eigenvalue weighted by Crippen LogP contribution is -2.43. The smallest absolute Gasteiger partial charge is 0.243 e. The number of thiophene rings is 1. The number of carbonyl (C=O) groups excluding carboxylic acids is 1. The van der Waals surface area contributed by atoms with Crippen LogP contribution < -0.4 is 5.32 Å².